The van der Waals surface area contributed by atoms with Crippen LogP contribution in [-0.2, 0) is 4.74 Å². The van der Waals surface area contributed by atoms with Crippen molar-refractivity contribution in [2.75, 3.05) is 26.3 Å². The number of amidine groups is 1. The van der Waals surface area contributed by atoms with Gasteiger partial charge >= 0.3 is 6.18 Å². The van der Waals surface area contributed by atoms with Crippen LogP contribution < -0.4 is 5.73 Å². The molecule has 0 aromatic heterocycles. The Kier molecular flexibility index (Phi) is 8.49. The molecule has 0 aliphatic heterocycles. The lowest BCUT2D eigenvalue weighted by atomic mass is 10.2. The molecule has 0 spiro atoms. The Balaban J connectivity index is 3.83. The molecule has 0 saturated heterocycles. The van der Waals surface area contributed by atoms with Gasteiger partial charge in [0.25, 0.3) is 0 Å². The van der Waals surface area contributed by atoms with Crippen molar-refractivity contribution in [1.29, 1.82) is 0 Å². The Bertz CT molecular complexity index is 270. The summed E-state index contributed by atoms with van der Waals surface area (Å²) in [6.45, 7) is 4.00. The first kappa shape index (κ1) is 18.0. The highest BCUT2D eigenvalue weighted by Gasteiger charge is 2.27. The molecule has 0 aromatic carbocycles. The molecule has 0 bridgehead atoms. The molecule has 0 amide bonds. The van der Waals surface area contributed by atoms with Gasteiger partial charge in [0, 0.05) is 32.2 Å². The second-order valence-electron chi connectivity index (χ2n) is 4.49. The number of oxime groups is 1. The van der Waals surface area contributed by atoms with E-state index in [0.29, 0.717) is 25.9 Å². The van der Waals surface area contributed by atoms with E-state index in [1.54, 1.807) is 0 Å². The summed E-state index contributed by atoms with van der Waals surface area (Å²) in [5.41, 5.74) is 5.37. The Morgan fingerprint density at radius 2 is 2.00 bits per heavy atom. The van der Waals surface area contributed by atoms with Crippen molar-refractivity contribution < 1.29 is 23.1 Å². The zero-order chi connectivity index (χ0) is 14.9. The van der Waals surface area contributed by atoms with Gasteiger partial charge in [-0.3, -0.25) is 0 Å². The van der Waals surface area contributed by atoms with Crippen molar-refractivity contribution in [2.24, 2.45) is 10.9 Å². The molecular formula is C11H22F3N3O2. The first-order chi connectivity index (χ1) is 8.76. The second kappa shape index (κ2) is 8.98. The van der Waals surface area contributed by atoms with Gasteiger partial charge in [-0.2, -0.15) is 13.2 Å². The monoisotopic (exact) mass is 285 g/mol. The van der Waals surface area contributed by atoms with E-state index < -0.39 is 12.8 Å². The van der Waals surface area contributed by atoms with E-state index in [1.165, 1.54) is 0 Å². The third-order valence-electron chi connectivity index (χ3n) is 2.51. The van der Waals surface area contributed by atoms with Crippen LogP contribution in [0.15, 0.2) is 5.16 Å². The summed E-state index contributed by atoms with van der Waals surface area (Å²) in [5, 5.41) is 11.3. The molecule has 0 aromatic rings. The molecule has 0 heterocycles. The van der Waals surface area contributed by atoms with Crippen molar-refractivity contribution in [3.8, 4) is 0 Å². The Labute approximate surface area is 111 Å². The minimum atomic E-state index is -4.27. The number of ether oxygens (including phenoxy) is 1. The summed E-state index contributed by atoms with van der Waals surface area (Å²) in [6.07, 6.45) is -3.35. The number of nitrogens with two attached hydrogens (primary N) is 1. The third kappa shape index (κ3) is 10.6. The van der Waals surface area contributed by atoms with Gasteiger partial charge in [0.1, 0.15) is 12.4 Å². The maximum atomic E-state index is 11.8. The van der Waals surface area contributed by atoms with E-state index >= 15 is 0 Å². The highest BCUT2D eigenvalue weighted by Crippen LogP contribution is 2.14. The quantitative estimate of drug-likeness (QED) is 0.223. The lowest BCUT2D eigenvalue weighted by Gasteiger charge is -2.26. The van der Waals surface area contributed by atoms with Crippen LogP contribution in [0, 0.1) is 0 Å². The summed E-state index contributed by atoms with van der Waals surface area (Å²) in [4.78, 5) is 2.04. The predicted molar refractivity (Wildman–Crippen MR) is 66.2 cm³/mol. The van der Waals surface area contributed by atoms with E-state index in [1.807, 2.05) is 18.7 Å². The predicted octanol–water partition coefficient (Wildman–Crippen LogP) is 1.80. The zero-order valence-corrected chi connectivity index (χ0v) is 11.3. The molecule has 0 radical (unpaired) electrons. The van der Waals surface area contributed by atoms with Crippen LogP contribution in [0.2, 0.25) is 0 Å². The van der Waals surface area contributed by atoms with E-state index in [0.717, 1.165) is 0 Å². The molecule has 0 fully saturated rings. The summed E-state index contributed by atoms with van der Waals surface area (Å²) in [6, 6.07) is 0.231. The van der Waals surface area contributed by atoms with Crippen LogP contribution in [0.4, 0.5) is 13.2 Å². The molecule has 19 heavy (non-hydrogen) atoms. The summed E-state index contributed by atoms with van der Waals surface area (Å²) >= 11 is 0. The van der Waals surface area contributed by atoms with Gasteiger partial charge in [0.05, 0.1) is 0 Å². The van der Waals surface area contributed by atoms with Crippen LogP contribution in [-0.4, -0.2) is 54.5 Å². The van der Waals surface area contributed by atoms with Crippen LogP contribution in [0.25, 0.3) is 0 Å². The van der Waals surface area contributed by atoms with E-state index in [9.17, 15) is 13.2 Å². The Morgan fingerprint density at radius 1 is 1.37 bits per heavy atom. The zero-order valence-electron chi connectivity index (χ0n) is 11.3. The normalized spacial score (nSPS) is 13.5. The van der Waals surface area contributed by atoms with Crippen molar-refractivity contribution >= 4 is 5.84 Å². The number of alkyl halides is 3. The Hall–Kier alpha value is -1.02. The molecule has 0 atom stereocenters. The molecule has 0 rings (SSSR count). The minimum Gasteiger partial charge on any atom is -0.409 e. The smallest absolute Gasteiger partial charge is 0.409 e. The fourth-order valence-corrected chi connectivity index (χ4v) is 1.49. The number of rotatable bonds is 9. The lowest BCUT2D eigenvalue weighted by Crippen LogP contribution is -2.35. The largest absolute Gasteiger partial charge is 0.411 e. The maximum absolute atomic E-state index is 11.8. The van der Waals surface area contributed by atoms with Crippen LogP contribution >= 0.6 is 0 Å². The number of hydrogen-bond donors (Lipinski definition) is 2. The molecule has 0 unspecified atom stereocenters. The SMILES string of the molecule is CC(C)N(CCCOCC(F)(F)F)CC/C(N)=N/O. The summed E-state index contributed by atoms with van der Waals surface area (Å²) in [5.74, 6) is 0.138. The molecule has 0 aliphatic rings. The average Bonchev–Trinajstić information content (AvgIpc) is 2.30. The first-order valence-corrected chi connectivity index (χ1v) is 6.11. The highest BCUT2D eigenvalue weighted by atomic mass is 19.4. The van der Waals surface area contributed by atoms with Crippen molar-refractivity contribution in [1.82, 2.24) is 4.90 Å². The van der Waals surface area contributed by atoms with Crippen molar-refractivity contribution in [2.45, 2.75) is 38.9 Å². The van der Waals surface area contributed by atoms with Crippen LogP contribution in [0.3, 0.4) is 0 Å². The highest BCUT2D eigenvalue weighted by molar-refractivity contribution is 5.79. The molecule has 8 heteroatoms. The van der Waals surface area contributed by atoms with Gasteiger partial charge in [0.15, 0.2) is 0 Å². The standard InChI is InChI=1S/C11H22F3N3O2/c1-9(2)17(6-4-10(15)16-18)5-3-7-19-8-11(12,13)14/h9,18H,3-8H2,1-2H3,(H2,15,16). The summed E-state index contributed by atoms with van der Waals surface area (Å²) in [7, 11) is 0. The third-order valence-corrected chi connectivity index (χ3v) is 2.51. The van der Waals surface area contributed by atoms with Gasteiger partial charge in [-0.25, -0.2) is 0 Å². The van der Waals surface area contributed by atoms with Crippen LogP contribution in [0.5, 0.6) is 0 Å². The molecule has 0 saturated carbocycles. The topological polar surface area (TPSA) is 71.1 Å². The molecule has 3 N–H and O–H groups in total. The van der Waals surface area contributed by atoms with E-state index in [4.69, 9.17) is 10.9 Å². The average molecular weight is 285 g/mol. The second-order valence-corrected chi connectivity index (χ2v) is 4.49. The molecule has 5 nitrogen and oxygen atoms in total. The number of hydrogen-bond acceptors (Lipinski definition) is 4. The van der Waals surface area contributed by atoms with Gasteiger partial charge in [-0.15, -0.1) is 0 Å². The van der Waals surface area contributed by atoms with E-state index in [2.05, 4.69) is 9.89 Å². The van der Waals surface area contributed by atoms with Gasteiger partial charge < -0.3 is 20.6 Å². The fourth-order valence-electron chi connectivity index (χ4n) is 1.49. The van der Waals surface area contributed by atoms with Gasteiger partial charge in [-0.1, -0.05) is 5.16 Å². The first-order valence-electron chi connectivity index (χ1n) is 6.11. The van der Waals surface area contributed by atoms with Crippen molar-refractivity contribution in [3.63, 3.8) is 0 Å². The maximum Gasteiger partial charge on any atom is 0.411 e. The molecule has 0 aliphatic carbocycles. The minimum absolute atomic E-state index is 0.0618. The summed E-state index contributed by atoms with van der Waals surface area (Å²) < 4.78 is 40.0. The van der Waals surface area contributed by atoms with E-state index in [-0.39, 0.29) is 18.5 Å². The number of halogens is 3. The molecule has 114 valence electrons. The van der Waals surface area contributed by atoms with Gasteiger partial charge in [0.2, 0.25) is 0 Å². The van der Waals surface area contributed by atoms with Gasteiger partial charge in [-0.05, 0) is 20.3 Å². The van der Waals surface area contributed by atoms with Crippen molar-refractivity contribution in [3.05, 3.63) is 0 Å². The lowest BCUT2D eigenvalue weighted by molar-refractivity contribution is -0.174. The number of nitrogens with zero attached hydrogens (tertiary/aromatic N) is 2. The Morgan fingerprint density at radius 3 is 2.47 bits per heavy atom. The fraction of sp³-hybridized carbons (Fsp3) is 0.909. The molecular weight excluding hydrogens is 263 g/mol. The van der Waals surface area contributed by atoms with Crippen LogP contribution in [0.1, 0.15) is 26.7 Å².